The van der Waals surface area contributed by atoms with Crippen molar-refractivity contribution < 1.29 is 4.39 Å². The second-order valence-corrected chi connectivity index (χ2v) is 4.79. The van der Waals surface area contributed by atoms with E-state index in [4.69, 9.17) is 17.3 Å². The Morgan fingerprint density at radius 3 is 2.56 bits per heavy atom. The second kappa shape index (κ2) is 5.62. The standard InChI is InChI=1S/C12H18ClFN2/c1-8(15)6-12(16(2)3)10-7-9(13)4-5-11(10)14/h4-5,7-8,12H,6,15H2,1-3H3. The van der Waals surface area contributed by atoms with Gasteiger partial charge in [-0.3, -0.25) is 0 Å². The third-order valence-corrected chi connectivity index (χ3v) is 2.77. The monoisotopic (exact) mass is 244 g/mol. The molecule has 4 heteroatoms. The van der Waals surface area contributed by atoms with Crippen LogP contribution in [0.5, 0.6) is 0 Å². The van der Waals surface area contributed by atoms with E-state index in [9.17, 15) is 4.39 Å². The molecule has 1 aromatic rings. The highest BCUT2D eigenvalue weighted by molar-refractivity contribution is 6.30. The zero-order valence-corrected chi connectivity index (χ0v) is 10.6. The maximum Gasteiger partial charge on any atom is 0.128 e. The topological polar surface area (TPSA) is 29.3 Å². The van der Waals surface area contributed by atoms with E-state index in [1.54, 1.807) is 12.1 Å². The van der Waals surface area contributed by atoms with Crippen molar-refractivity contribution in [3.8, 4) is 0 Å². The second-order valence-electron chi connectivity index (χ2n) is 4.36. The molecule has 2 atom stereocenters. The van der Waals surface area contributed by atoms with Crippen LogP contribution >= 0.6 is 11.6 Å². The Morgan fingerprint density at radius 2 is 2.06 bits per heavy atom. The third-order valence-electron chi connectivity index (χ3n) is 2.54. The lowest BCUT2D eigenvalue weighted by atomic mass is 9.99. The van der Waals surface area contributed by atoms with Gasteiger partial charge >= 0.3 is 0 Å². The molecular weight excluding hydrogens is 227 g/mol. The van der Waals surface area contributed by atoms with Crippen LogP contribution in [0.4, 0.5) is 4.39 Å². The molecule has 0 fully saturated rings. The fourth-order valence-corrected chi connectivity index (χ4v) is 1.92. The first-order chi connectivity index (χ1) is 7.41. The molecule has 1 rings (SSSR count). The van der Waals surface area contributed by atoms with Gasteiger partial charge in [0.05, 0.1) is 0 Å². The Kier molecular flexibility index (Phi) is 4.71. The van der Waals surface area contributed by atoms with E-state index in [0.717, 1.165) is 0 Å². The van der Waals surface area contributed by atoms with Crippen LogP contribution in [0.1, 0.15) is 24.9 Å². The van der Waals surface area contributed by atoms with Crippen molar-refractivity contribution >= 4 is 11.6 Å². The summed E-state index contributed by atoms with van der Waals surface area (Å²) in [5, 5.41) is 0.549. The Bertz CT molecular complexity index is 353. The molecule has 0 saturated heterocycles. The van der Waals surface area contributed by atoms with E-state index in [1.165, 1.54) is 6.07 Å². The molecule has 0 saturated carbocycles. The molecule has 0 aliphatic rings. The first-order valence-corrected chi connectivity index (χ1v) is 5.66. The van der Waals surface area contributed by atoms with Crippen molar-refractivity contribution in [3.05, 3.63) is 34.6 Å². The third kappa shape index (κ3) is 3.44. The maximum atomic E-state index is 13.7. The molecule has 0 radical (unpaired) electrons. The first kappa shape index (κ1) is 13.4. The summed E-state index contributed by atoms with van der Waals surface area (Å²) in [6.45, 7) is 1.92. The van der Waals surface area contributed by atoms with E-state index < -0.39 is 0 Å². The van der Waals surface area contributed by atoms with Crippen molar-refractivity contribution in [2.75, 3.05) is 14.1 Å². The molecule has 0 amide bonds. The number of hydrogen-bond acceptors (Lipinski definition) is 2. The summed E-state index contributed by atoms with van der Waals surface area (Å²) in [5.41, 5.74) is 6.38. The molecule has 90 valence electrons. The normalized spacial score (nSPS) is 15.2. The van der Waals surface area contributed by atoms with Crippen LogP contribution in [0, 0.1) is 5.82 Å². The van der Waals surface area contributed by atoms with Crippen LogP contribution < -0.4 is 5.73 Å². The highest BCUT2D eigenvalue weighted by Gasteiger charge is 2.19. The zero-order valence-electron chi connectivity index (χ0n) is 9.87. The Hall–Kier alpha value is -0.640. The van der Waals surface area contributed by atoms with Gasteiger partial charge in [-0.2, -0.15) is 0 Å². The van der Waals surface area contributed by atoms with E-state index in [2.05, 4.69) is 0 Å². The van der Waals surface area contributed by atoms with E-state index in [0.29, 0.717) is 17.0 Å². The summed E-state index contributed by atoms with van der Waals surface area (Å²) < 4.78 is 13.7. The van der Waals surface area contributed by atoms with E-state index >= 15 is 0 Å². The molecule has 0 heterocycles. The van der Waals surface area contributed by atoms with Crippen LogP contribution in [0.2, 0.25) is 5.02 Å². The quantitative estimate of drug-likeness (QED) is 0.883. The van der Waals surface area contributed by atoms with Gasteiger partial charge in [0.15, 0.2) is 0 Å². The van der Waals surface area contributed by atoms with Crippen LogP contribution in [0.3, 0.4) is 0 Å². The molecule has 0 bridgehead atoms. The number of benzene rings is 1. The summed E-state index contributed by atoms with van der Waals surface area (Å²) in [6.07, 6.45) is 0.699. The van der Waals surface area contributed by atoms with Crippen molar-refractivity contribution in [1.82, 2.24) is 4.90 Å². The largest absolute Gasteiger partial charge is 0.328 e. The van der Waals surface area contributed by atoms with Crippen molar-refractivity contribution in [3.63, 3.8) is 0 Å². The number of hydrogen-bond donors (Lipinski definition) is 1. The molecular formula is C12H18ClFN2. The summed E-state index contributed by atoms with van der Waals surface area (Å²) in [5.74, 6) is -0.233. The fourth-order valence-electron chi connectivity index (χ4n) is 1.74. The Morgan fingerprint density at radius 1 is 1.44 bits per heavy atom. The first-order valence-electron chi connectivity index (χ1n) is 5.28. The van der Waals surface area contributed by atoms with Crippen molar-refractivity contribution in [2.24, 2.45) is 5.73 Å². The summed E-state index contributed by atoms with van der Waals surface area (Å²) in [6, 6.07) is 4.60. The van der Waals surface area contributed by atoms with Gasteiger partial charge in [-0.15, -0.1) is 0 Å². The molecule has 2 N–H and O–H groups in total. The molecule has 0 aliphatic heterocycles. The minimum absolute atomic E-state index is 0.0192. The van der Waals surface area contributed by atoms with E-state index in [1.807, 2.05) is 25.9 Å². The van der Waals surface area contributed by atoms with Gasteiger partial charge in [0.25, 0.3) is 0 Å². The van der Waals surface area contributed by atoms with Crippen molar-refractivity contribution in [2.45, 2.75) is 25.4 Å². The van der Waals surface area contributed by atoms with Gasteiger partial charge in [-0.25, -0.2) is 4.39 Å². The molecule has 16 heavy (non-hydrogen) atoms. The predicted octanol–water partition coefficient (Wildman–Crippen LogP) is 2.82. The fraction of sp³-hybridized carbons (Fsp3) is 0.500. The lowest BCUT2D eigenvalue weighted by Gasteiger charge is -2.26. The molecule has 1 aromatic carbocycles. The zero-order chi connectivity index (χ0) is 12.3. The Balaban J connectivity index is 3.05. The molecule has 2 nitrogen and oxygen atoms in total. The van der Waals surface area contributed by atoms with Gasteiger partial charge in [0, 0.05) is 22.7 Å². The smallest absolute Gasteiger partial charge is 0.128 e. The number of rotatable bonds is 4. The lowest BCUT2D eigenvalue weighted by molar-refractivity contribution is 0.266. The van der Waals surface area contributed by atoms with Crippen molar-refractivity contribution in [1.29, 1.82) is 0 Å². The molecule has 0 aliphatic carbocycles. The van der Waals surface area contributed by atoms with Crippen LogP contribution in [0.25, 0.3) is 0 Å². The molecule has 2 unspecified atom stereocenters. The van der Waals surface area contributed by atoms with Gasteiger partial charge < -0.3 is 10.6 Å². The summed E-state index contributed by atoms with van der Waals surface area (Å²) >= 11 is 5.89. The van der Waals surface area contributed by atoms with Gasteiger partial charge in [-0.1, -0.05) is 11.6 Å². The molecule has 0 spiro atoms. The highest BCUT2D eigenvalue weighted by atomic mass is 35.5. The summed E-state index contributed by atoms with van der Waals surface area (Å²) in [4.78, 5) is 1.96. The average Bonchev–Trinajstić information content (AvgIpc) is 2.18. The lowest BCUT2D eigenvalue weighted by Crippen LogP contribution is -2.28. The summed E-state index contributed by atoms with van der Waals surface area (Å²) in [7, 11) is 3.82. The predicted molar refractivity (Wildman–Crippen MR) is 66.1 cm³/mol. The van der Waals surface area contributed by atoms with Gasteiger partial charge in [0.2, 0.25) is 0 Å². The van der Waals surface area contributed by atoms with E-state index in [-0.39, 0.29) is 17.9 Å². The van der Waals surface area contributed by atoms with Gasteiger partial charge in [0.1, 0.15) is 5.82 Å². The number of halogens is 2. The molecule has 0 aromatic heterocycles. The number of nitrogens with two attached hydrogens (primary N) is 1. The minimum Gasteiger partial charge on any atom is -0.328 e. The number of nitrogens with zero attached hydrogens (tertiary/aromatic N) is 1. The highest BCUT2D eigenvalue weighted by Crippen LogP contribution is 2.27. The SMILES string of the molecule is CC(N)CC(c1cc(Cl)ccc1F)N(C)C. The van der Waals surface area contributed by atoms with Crippen LogP contribution in [0.15, 0.2) is 18.2 Å². The average molecular weight is 245 g/mol. The minimum atomic E-state index is -0.233. The van der Waals surface area contributed by atoms with Crippen LogP contribution in [-0.2, 0) is 0 Å². The maximum absolute atomic E-state index is 13.7. The Labute approximate surface area is 101 Å². The van der Waals surface area contributed by atoms with Crippen LogP contribution in [-0.4, -0.2) is 25.0 Å². The van der Waals surface area contributed by atoms with Gasteiger partial charge in [-0.05, 0) is 45.6 Å².